The predicted octanol–water partition coefficient (Wildman–Crippen LogP) is 2.31. The molecule has 2 rings (SSSR count). The number of ether oxygens (including phenoxy) is 2. The van der Waals surface area contributed by atoms with Gasteiger partial charge in [0.15, 0.2) is 6.10 Å². The van der Waals surface area contributed by atoms with Crippen LogP contribution in [-0.2, 0) is 4.79 Å². The molecule has 0 aliphatic rings. The van der Waals surface area contributed by atoms with E-state index in [0.29, 0.717) is 23.5 Å². The summed E-state index contributed by atoms with van der Waals surface area (Å²) in [7, 11) is 1.48. The molecule has 24 heavy (non-hydrogen) atoms. The highest BCUT2D eigenvalue weighted by molar-refractivity contribution is 5.98. The Morgan fingerprint density at radius 2 is 1.67 bits per heavy atom. The van der Waals surface area contributed by atoms with Gasteiger partial charge in [-0.25, -0.2) is 0 Å². The minimum atomic E-state index is -0.703. The number of rotatable bonds is 6. The number of hydrogen-bond acceptors (Lipinski definition) is 4. The fourth-order valence-electron chi connectivity index (χ4n) is 2.08. The monoisotopic (exact) mass is 328 g/mol. The highest BCUT2D eigenvalue weighted by Gasteiger charge is 2.20. The largest absolute Gasteiger partial charge is 0.496 e. The van der Waals surface area contributed by atoms with Crippen LogP contribution in [-0.4, -0.2) is 25.0 Å². The average Bonchev–Trinajstić information content (AvgIpc) is 2.64. The molecule has 0 bridgehead atoms. The Kier molecular flexibility index (Phi) is 6.19. The molecule has 6 nitrogen and oxygen atoms in total. The molecule has 1 atom stereocenters. The zero-order valence-electron chi connectivity index (χ0n) is 13.6. The van der Waals surface area contributed by atoms with Gasteiger partial charge in [0, 0.05) is 0 Å². The smallest absolute Gasteiger partial charge is 0.279 e. The van der Waals surface area contributed by atoms with Crippen LogP contribution in [0.2, 0.25) is 0 Å². The Labute approximate surface area is 140 Å². The molecule has 2 aromatic rings. The third kappa shape index (κ3) is 4.49. The predicted molar refractivity (Wildman–Crippen MR) is 89.8 cm³/mol. The fraction of sp³-hybridized carbons (Fsp3) is 0.222. The highest BCUT2D eigenvalue weighted by Crippen LogP contribution is 2.16. The lowest BCUT2D eigenvalue weighted by atomic mass is 10.2. The van der Waals surface area contributed by atoms with Crippen LogP contribution in [0.3, 0.4) is 0 Å². The molecular weight excluding hydrogens is 308 g/mol. The summed E-state index contributed by atoms with van der Waals surface area (Å²) in [6.07, 6.45) is -0.240. The van der Waals surface area contributed by atoms with E-state index in [1.54, 1.807) is 36.4 Å². The van der Waals surface area contributed by atoms with Crippen molar-refractivity contribution < 1.29 is 19.1 Å². The number of methoxy groups -OCH3 is 1. The summed E-state index contributed by atoms with van der Waals surface area (Å²) in [6, 6.07) is 15.8. The third-order valence-corrected chi connectivity index (χ3v) is 3.34. The van der Waals surface area contributed by atoms with E-state index in [9.17, 15) is 9.59 Å². The van der Waals surface area contributed by atoms with Gasteiger partial charge < -0.3 is 9.47 Å². The second-order valence-electron chi connectivity index (χ2n) is 4.97. The summed E-state index contributed by atoms with van der Waals surface area (Å²) in [5, 5.41) is 0. The normalized spacial score (nSPS) is 11.2. The van der Waals surface area contributed by atoms with Crippen molar-refractivity contribution in [1.29, 1.82) is 0 Å². The van der Waals surface area contributed by atoms with Crippen LogP contribution < -0.4 is 20.3 Å². The van der Waals surface area contributed by atoms with Gasteiger partial charge in [-0.3, -0.25) is 20.4 Å². The van der Waals surface area contributed by atoms with E-state index in [1.807, 2.05) is 25.1 Å². The number of nitrogens with one attached hydrogen (secondary N) is 2. The summed E-state index contributed by atoms with van der Waals surface area (Å²) in [5.41, 5.74) is 5.09. The lowest BCUT2D eigenvalue weighted by Crippen LogP contribution is -2.48. The molecule has 2 N–H and O–H groups in total. The molecule has 0 saturated carbocycles. The van der Waals surface area contributed by atoms with Crippen molar-refractivity contribution >= 4 is 11.8 Å². The Morgan fingerprint density at radius 3 is 2.33 bits per heavy atom. The number of benzene rings is 2. The quantitative estimate of drug-likeness (QED) is 0.798. The van der Waals surface area contributed by atoms with Gasteiger partial charge in [-0.05, 0) is 30.7 Å². The molecule has 2 aromatic carbocycles. The summed E-state index contributed by atoms with van der Waals surface area (Å²) < 4.78 is 10.7. The van der Waals surface area contributed by atoms with Crippen molar-refractivity contribution in [2.45, 2.75) is 19.4 Å². The van der Waals surface area contributed by atoms with Crippen LogP contribution in [0, 0.1) is 0 Å². The SMILES string of the molecule is CC[C@@H](Oc1ccccc1)C(=O)NNC(=O)c1ccccc1OC. The standard InChI is InChI=1S/C18H20N2O4/c1-3-15(24-13-9-5-4-6-10-13)18(22)20-19-17(21)14-11-7-8-12-16(14)23-2/h4-12,15H,3H2,1-2H3,(H,19,21)(H,20,22)/t15-/m1/s1. The van der Waals surface area contributed by atoms with Crippen LogP contribution in [0.15, 0.2) is 54.6 Å². The molecule has 0 radical (unpaired) electrons. The summed E-state index contributed by atoms with van der Waals surface area (Å²) >= 11 is 0. The Morgan fingerprint density at radius 1 is 1.00 bits per heavy atom. The molecule has 0 aliphatic heterocycles. The van der Waals surface area contributed by atoms with E-state index in [4.69, 9.17) is 9.47 Å². The van der Waals surface area contributed by atoms with E-state index in [2.05, 4.69) is 10.9 Å². The molecule has 0 aromatic heterocycles. The highest BCUT2D eigenvalue weighted by atomic mass is 16.5. The van der Waals surface area contributed by atoms with Gasteiger partial charge in [0.25, 0.3) is 11.8 Å². The first-order valence-electron chi connectivity index (χ1n) is 7.60. The first-order valence-corrected chi connectivity index (χ1v) is 7.60. The van der Waals surface area contributed by atoms with Crippen LogP contribution in [0.1, 0.15) is 23.7 Å². The minimum absolute atomic E-state index is 0.331. The van der Waals surface area contributed by atoms with E-state index >= 15 is 0 Å². The zero-order chi connectivity index (χ0) is 17.4. The first kappa shape index (κ1) is 17.3. The summed E-state index contributed by atoms with van der Waals surface area (Å²) in [5.74, 6) is 0.132. The van der Waals surface area contributed by atoms with Crippen LogP contribution in [0.4, 0.5) is 0 Å². The Bertz CT molecular complexity index is 688. The minimum Gasteiger partial charge on any atom is -0.496 e. The number of hydrazine groups is 1. The van der Waals surface area contributed by atoms with E-state index in [1.165, 1.54) is 7.11 Å². The van der Waals surface area contributed by atoms with Crippen molar-refractivity contribution in [3.8, 4) is 11.5 Å². The van der Waals surface area contributed by atoms with Crippen molar-refractivity contribution in [2.24, 2.45) is 0 Å². The molecule has 2 amide bonds. The number of carbonyl (C=O) groups excluding carboxylic acids is 2. The molecular formula is C18H20N2O4. The Hall–Kier alpha value is -3.02. The van der Waals surface area contributed by atoms with Crippen molar-refractivity contribution in [3.63, 3.8) is 0 Å². The number of para-hydroxylation sites is 2. The molecule has 6 heteroatoms. The third-order valence-electron chi connectivity index (χ3n) is 3.34. The second-order valence-corrected chi connectivity index (χ2v) is 4.97. The maximum atomic E-state index is 12.2. The molecule has 0 fully saturated rings. The van der Waals surface area contributed by atoms with Crippen molar-refractivity contribution in [1.82, 2.24) is 10.9 Å². The molecule has 0 unspecified atom stereocenters. The summed E-state index contributed by atoms with van der Waals surface area (Å²) in [6.45, 7) is 1.83. The van der Waals surface area contributed by atoms with E-state index in [-0.39, 0.29) is 0 Å². The molecule has 0 heterocycles. The van der Waals surface area contributed by atoms with Gasteiger partial charge >= 0.3 is 0 Å². The molecule has 0 aliphatic carbocycles. The topological polar surface area (TPSA) is 76.7 Å². The maximum absolute atomic E-state index is 12.2. The van der Waals surface area contributed by atoms with Gasteiger partial charge in [0.2, 0.25) is 0 Å². The van der Waals surface area contributed by atoms with E-state index in [0.717, 1.165) is 0 Å². The van der Waals surface area contributed by atoms with E-state index < -0.39 is 17.9 Å². The first-order chi connectivity index (χ1) is 11.7. The van der Waals surface area contributed by atoms with Gasteiger partial charge in [-0.2, -0.15) is 0 Å². The van der Waals surface area contributed by atoms with Gasteiger partial charge in [-0.1, -0.05) is 37.3 Å². The Balaban J connectivity index is 1.94. The van der Waals surface area contributed by atoms with Crippen LogP contribution in [0.5, 0.6) is 11.5 Å². The number of carbonyl (C=O) groups is 2. The zero-order valence-corrected chi connectivity index (χ0v) is 13.6. The molecule has 126 valence electrons. The lowest BCUT2D eigenvalue weighted by Gasteiger charge is -2.17. The lowest BCUT2D eigenvalue weighted by molar-refractivity contribution is -0.128. The molecule has 0 saturated heterocycles. The summed E-state index contributed by atoms with van der Waals surface area (Å²) in [4.78, 5) is 24.3. The van der Waals surface area contributed by atoms with Crippen LogP contribution >= 0.6 is 0 Å². The average molecular weight is 328 g/mol. The number of amides is 2. The second kappa shape index (κ2) is 8.57. The maximum Gasteiger partial charge on any atom is 0.279 e. The van der Waals surface area contributed by atoms with Gasteiger partial charge in [0.05, 0.1) is 12.7 Å². The fourth-order valence-corrected chi connectivity index (χ4v) is 2.08. The number of hydrogen-bond donors (Lipinski definition) is 2. The van der Waals surface area contributed by atoms with Crippen molar-refractivity contribution in [3.05, 3.63) is 60.2 Å². The van der Waals surface area contributed by atoms with Crippen LogP contribution in [0.25, 0.3) is 0 Å². The van der Waals surface area contributed by atoms with Crippen molar-refractivity contribution in [2.75, 3.05) is 7.11 Å². The molecule has 0 spiro atoms. The van der Waals surface area contributed by atoms with Gasteiger partial charge in [0.1, 0.15) is 11.5 Å². The van der Waals surface area contributed by atoms with Gasteiger partial charge in [-0.15, -0.1) is 0 Å².